The molecular weight excluding hydrogens is 659 g/mol. The molecule has 0 radical (unpaired) electrons. The van der Waals surface area contributed by atoms with Gasteiger partial charge in [-0.05, 0) is 54.1 Å². The molecule has 0 saturated heterocycles. The molecule has 3 aromatic heterocycles. The van der Waals surface area contributed by atoms with Gasteiger partial charge in [-0.15, -0.1) is 0 Å². The van der Waals surface area contributed by atoms with Crippen molar-refractivity contribution < 1.29 is 0 Å². The number of aromatic nitrogens is 3. The Hall–Kier alpha value is -7.73. The van der Waals surface area contributed by atoms with Crippen LogP contribution in [0.3, 0.4) is 0 Å². The number of benzene rings is 7. The molecule has 5 nitrogen and oxygen atoms in total. The van der Waals surface area contributed by atoms with Crippen molar-refractivity contribution in [2.75, 3.05) is 0 Å². The molecule has 5 heteroatoms. The largest absolute Gasteiger partial charge is 0.309 e. The van der Waals surface area contributed by atoms with E-state index in [0.717, 1.165) is 60.9 Å². The SMILES string of the molecule is N#Cc1c(-c2ccccc2)nc(-c2ccc3c(c2)c2ccc4c(c5ccccc5n4-c4ccccc4)c2n3-c2ccccc2)c(C#N)c1-c1ccccc1. The van der Waals surface area contributed by atoms with Crippen molar-refractivity contribution >= 4 is 43.6 Å². The molecule has 250 valence electrons. The zero-order valence-electron chi connectivity index (χ0n) is 29.0. The summed E-state index contributed by atoms with van der Waals surface area (Å²) in [6, 6.07) is 64.8. The van der Waals surface area contributed by atoms with Crippen LogP contribution in [0.5, 0.6) is 0 Å². The standard InChI is InChI=1S/C49H29N5/c50-30-40-45(32-15-5-1-6-16-32)41(31-51)48(52-47(40)33-17-7-2-8-18-33)34-25-27-43-39(29-34)37-26-28-44-46(49(37)54(43)36-21-11-4-12-22-36)38-23-13-14-24-42(38)53(44)35-19-9-3-10-20-35/h1-29H. The summed E-state index contributed by atoms with van der Waals surface area (Å²) >= 11 is 0. The quantitative estimate of drug-likeness (QED) is 0.181. The van der Waals surface area contributed by atoms with Crippen molar-refractivity contribution in [2.45, 2.75) is 0 Å². The molecule has 0 bridgehead atoms. The minimum absolute atomic E-state index is 0.372. The van der Waals surface area contributed by atoms with Crippen molar-refractivity contribution in [2.24, 2.45) is 0 Å². The van der Waals surface area contributed by atoms with Gasteiger partial charge in [0, 0.05) is 49.6 Å². The van der Waals surface area contributed by atoms with Crippen molar-refractivity contribution in [3.8, 4) is 57.2 Å². The summed E-state index contributed by atoms with van der Waals surface area (Å²) in [6.07, 6.45) is 0. The molecule has 10 aromatic rings. The summed E-state index contributed by atoms with van der Waals surface area (Å²) in [5.74, 6) is 0. The number of rotatable bonds is 5. The summed E-state index contributed by atoms with van der Waals surface area (Å²) in [4.78, 5) is 5.17. The monoisotopic (exact) mass is 687 g/mol. The Balaban J connectivity index is 1.33. The highest BCUT2D eigenvalue weighted by Crippen LogP contribution is 2.44. The third-order valence-electron chi connectivity index (χ3n) is 10.4. The Kier molecular flexibility index (Phi) is 7.18. The minimum Gasteiger partial charge on any atom is -0.309 e. The number of nitrogens with zero attached hydrogens (tertiary/aromatic N) is 5. The second-order valence-electron chi connectivity index (χ2n) is 13.3. The Morgan fingerprint density at radius 2 is 0.926 bits per heavy atom. The Bertz CT molecular complexity index is 3150. The van der Waals surface area contributed by atoms with Gasteiger partial charge in [0.25, 0.3) is 0 Å². The van der Waals surface area contributed by atoms with E-state index in [9.17, 15) is 10.5 Å². The van der Waals surface area contributed by atoms with Gasteiger partial charge in [0.1, 0.15) is 12.1 Å². The van der Waals surface area contributed by atoms with Crippen molar-refractivity contribution in [3.05, 3.63) is 187 Å². The van der Waals surface area contributed by atoms with Crippen LogP contribution < -0.4 is 0 Å². The first-order chi connectivity index (χ1) is 26.7. The van der Waals surface area contributed by atoms with Crippen LogP contribution in [0.1, 0.15) is 11.1 Å². The van der Waals surface area contributed by atoms with Crippen LogP contribution in [0.2, 0.25) is 0 Å². The fraction of sp³-hybridized carbons (Fsp3) is 0. The van der Waals surface area contributed by atoms with Gasteiger partial charge >= 0.3 is 0 Å². The van der Waals surface area contributed by atoms with Crippen LogP contribution in [0.25, 0.3) is 88.6 Å². The van der Waals surface area contributed by atoms with Crippen molar-refractivity contribution in [1.82, 2.24) is 14.1 Å². The lowest BCUT2D eigenvalue weighted by Crippen LogP contribution is -2.02. The van der Waals surface area contributed by atoms with Crippen LogP contribution >= 0.6 is 0 Å². The summed E-state index contributed by atoms with van der Waals surface area (Å²) in [7, 11) is 0. The highest BCUT2D eigenvalue weighted by molar-refractivity contribution is 6.26. The van der Waals surface area contributed by atoms with Crippen LogP contribution in [-0.4, -0.2) is 14.1 Å². The second kappa shape index (κ2) is 12.5. The van der Waals surface area contributed by atoms with Crippen molar-refractivity contribution in [3.63, 3.8) is 0 Å². The molecule has 7 aromatic carbocycles. The van der Waals surface area contributed by atoms with Crippen molar-refractivity contribution in [1.29, 1.82) is 10.5 Å². The first kappa shape index (κ1) is 31.0. The smallest absolute Gasteiger partial charge is 0.102 e. The maximum atomic E-state index is 10.9. The van der Waals surface area contributed by atoms with Gasteiger partial charge in [-0.1, -0.05) is 127 Å². The van der Waals surface area contributed by atoms with E-state index in [1.165, 1.54) is 10.8 Å². The highest BCUT2D eigenvalue weighted by atomic mass is 15.0. The number of hydrogen-bond donors (Lipinski definition) is 0. The molecule has 3 heterocycles. The molecule has 0 unspecified atom stereocenters. The second-order valence-corrected chi connectivity index (χ2v) is 13.3. The molecule has 10 rings (SSSR count). The maximum Gasteiger partial charge on any atom is 0.102 e. The predicted octanol–water partition coefficient (Wildman–Crippen LogP) is 12.0. The predicted molar refractivity (Wildman–Crippen MR) is 219 cm³/mol. The Labute approximate surface area is 311 Å². The fourth-order valence-corrected chi connectivity index (χ4v) is 8.12. The molecule has 54 heavy (non-hydrogen) atoms. The number of nitriles is 2. The average Bonchev–Trinajstić information content (AvgIpc) is 3.76. The van der Waals surface area contributed by atoms with E-state index < -0.39 is 0 Å². The Morgan fingerprint density at radius 3 is 1.57 bits per heavy atom. The van der Waals surface area contributed by atoms with Crippen LogP contribution in [0.4, 0.5) is 0 Å². The lowest BCUT2D eigenvalue weighted by molar-refractivity contribution is 1.17. The van der Waals surface area contributed by atoms with E-state index >= 15 is 0 Å². The molecule has 0 fully saturated rings. The molecule has 0 aliphatic rings. The summed E-state index contributed by atoms with van der Waals surface area (Å²) in [6.45, 7) is 0. The number of pyridine rings is 1. The van der Waals surface area contributed by atoms with E-state index in [-0.39, 0.29) is 0 Å². The van der Waals surface area contributed by atoms with E-state index in [1.807, 2.05) is 72.8 Å². The normalized spacial score (nSPS) is 11.3. The van der Waals surface area contributed by atoms with Gasteiger partial charge in [0.15, 0.2) is 0 Å². The van der Waals surface area contributed by atoms with E-state index in [0.29, 0.717) is 28.1 Å². The summed E-state index contributed by atoms with van der Waals surface area (Å²) < 4.78 is 4.71. The fourth-order valence-electron chi connectivity index (χ4n) is 8.12. The third-order valence-corrected chi connectivity index (χ3v) is 10.4. The number of fused-ring (bicyclic) bond motifs is 7. The lowest BCUT2D eigenvalue weighted by atomic mass is 9.89. The van der Waals surface area contributed by atoms with E-state index in [4.69, 9.17) is 4.98 Å². The minimum atomic E-state index is 0.372. The molecule has 0 aliphatic carbocycles. The molecule has 0 N–H and O–H groups in total. The highest BCUT2D eigenvalue weighted by Gasteiger charge is 2.25. The van der Waals surface area contributed by atoms with Crippen LogP contribution in [0.15, 0.2) is 176 Å². The molecular formula is C49H29N5. The Morgan fingerprint density at radius 1 is 0.407 bits per heavy atom. The van der Waals surface area contributed by atoms with E-state index in [2.05, 4.69) is 124 Å². The molecule has 0 saturated carbocycles. The number of hydrogen-bond acceptors (Lipinski definition) is 3. The van der Waals surface area contributed by atoms with E-state index in [1.54, 1.807) is 0 Å². The van der Waals surface area contributed by atoms with Gasteiger partial charge in [-0.2, -0.15) is 10.5 Å². The van der Waals surface area contributed by atoms with Gasteiger partial charge in [-0.25, -0.2) is 4.98 Å². The lowest BCUT2D eigenvalue weighted by Gasteiger charge is -2.16. The topological polar surface area (TPSA) is 70.3 Å². The zero-order chi connectivity index (χ0) is 36.2. The average molecular weight is 688 g/mol. The third kappa shape index (κ3) is 4.67. The first-order valence-corrected chi connectivity index (χ1v) is 17.9. The number of para-hydroxylation sites is 3. The van der Waals surface area contributed by atoms with Gasteiger partial charge in [0.05, 0.1) is 44.6 Å². The van der Waals surface area contributed by atoms with Crippen LogP contribution in [-0.2, 0) is 0 Å². The van der Waals surface area contributed by atoms with Gasteiger partial charge in [-0.3, -0.25) is 0 Å². The summed E-state index contributed by atoms with van der Waals surface area (Å²) in [5, 5.41) is 25.9. The maximum absolute atomic E-state index is 10.9. The molecule has 0 amide bonds. The molecule has 0 spiro atoms. The van der Waals surface area contributed by atoms with Crippen LogP contribution in [0, 0.1) is 22.7 Å². The molecule has 0 atom stereocenters. The van der Waals surface area contributed by atoms with Gasteiger partial charge < -0.3 is 9.13 Å². The van der Waals surface area contributed by atoms with Gasteiger partial charge in [0.2, 0.25) is 0 Å². The zero-order valence-corrected chi connectivity index (χ0v) is 29.0. The summed E-state index contributed by atoms with van der Waals surface area (Å²) in [5.41, 5.74) is 11.4. The molecule has 0 aliphatic heterocycles. The first-order valence-electron chi connectivity index (χ1n) is 17.9.